The van der Waals surface area contributed by atoms with Gasteiger partial charge in [0.25, 0.3) is 0 Å². The van der Waals surface area contributed by atoms with E-state index in [1.54, 1.807) is 24.3 Å². The van der Waals surface area contributed by atoms with E-state index in [1.165, 1.54) is 0 Å². The summed E-state index contributed by atoms with van der Waals surface area (Å²) in [4.78, 5) is 0. The molecule has 0 radical (unpaired) electrons. The van der Waals surface area contributed by atoms with Gasteiger partial charge in [0.05, 0.1) is 6.61 Å². The molecule has 0 spiro atoms. The molecule has 2 N–H and O–H groups in total. The van der Waals surface area contributed by atoms with Crippen molar-refractivity contribution in [1.82, 2.24) is 0 Å². The van der Waals surface area contributed by atoms with E-state index < -0.39 is 12.2 Å². The lowest BCUT2D eigenvalue weighted by atomic mass is 9.98. The first-order valence-corrected chi connectivity index (χ1v) is 6.37. The van der Waals surface area contributed by atoms with Crippen molar-refractivity contribution in [2.75, 3.05) is 6.61 Å². The maximum absolute atomic E-state index is 10.3. The van der Waals surface area contributed by atoms with Crippen molar-refractivity contribution >= 4 is 0 Å². The second-order valence-electron chi connectivity index (χ2n) is 4.27. The van der Waals surface area contributed by atoms with Crippen molar-refractivity contribution in [2.24, 2.45) is 0 Å². The average Bonchev–Trinajstić information content (AvgIpc) is 2.47. The standard InChI is InChI=1S/C16H18O3/c1-2-19-14-11-7-6-10-13(14)16(18)15(17)12-8-4-3-5-9-12/h3-11,15-18H,2H2,1H3. The summed E-state index contributed by atoms with van der Waals surface area (Å²) in [5, 5.41) is 20.5. The average molecular weight is 258 g/mol. The highest BCUT2D eigenvalue weighted by Gasteiger charge is 2.22. The van der Waals surface area contributed by atoms with Crippen molar-refractivity contribution in [1.29, 1.82) is 0 Å². The van der Waals surface area contributed by atoms with Crippen LogP contribution in [0.15, 0.2) is 54.6 Å². The van der Waals surface area contributed by atoms with E-state index in [4.69, 9.17) is 4.74 Å². The van der Waals surface area contributed by atoms with Crippen LogP contribution in [0, 0.1) is 0 Å². The third-order valence-corrected chi connectivity index (χ3v) is 2.98. The van der Waals surface area contributed by atoms with Crippen LogP contribution in [0.1, 0.15) is 30.3 Å². The third-order valence-electron chi connectivity index (χ3n) is 2.98. The highest BCUT2D eigenvalue weighted by atomic mass is 16.5. The molecular formula is C16H18O3. The van der Waals surface area contributed by atoms with Crippen LogP contribution in [0.3, 0.4) is 0 Å². The highest BCUT2D eigenvalue weighted by molar-refractivity contribution is 5.37. The molecule has 0 aromatic heterocycles. The van der Waals surface area contributed by atoms with Crippen molar-refractivity contribution in [3.63, 3.8) is 0 Å². The normalized spacial score (nSPS) is 13.8. The zero-order valence-corrected chi connectivity index (χ0v) is 10.9. The van der Waals surface area contributed by atoms with Gasteiger partial charge in [-0.15, -0.1) is 0 Å². The summed E-state index contributed by atoms with van der Waals surface area (Å²) in [5.41, 5.74) is 1.28. The van der Waals surface area contributed by atoms with Gasteiger partial charge in [0, 0.05) is 5.56 Å². The molecule has 19 heavy (non-hydrogen) atoms. The summed E-state index contributed by atoms with van der Waals surface area (Å²) >= 11 is 0. The fourth-order valence-electron chi connectivity index (χ4n) is 2.01. The molecule has 3 nitrogen and oxygen atoms in total. The summed E-state index contributed by atoms with van der Waals surface area (Å²) in [6, 6.07) is 16.3. The molecule has 2 unspecified atom stereocenters. The minimum atomic E-state index is -1.01. The minimum Gasteiger partial charge on any atom is -0.493 e. The van der Waals surface area contributed by atoms with Gasteiger partial charge < -0.3 is 14.9 Å². The number of aliphatic hydroxyl groups is 2. The van der Waals surface area contributed by atoms with E-state index in [2.05, 4.69) is 0 Å². The first kappa shape index (κ1) is 13.6. The highest BCUT2D eigenvalue weighted by Crippen LogP contribution is 2.33. The molecule has 3 heteroatoms. The monoisotopic (exact) mass is 258 g/mol. The van der Waals surface area contributed by atoms with Crippen LogP contribution in [0.25, 0.3) is 0 Å². The van der Waals surface area contributed by atoms with Crippen molar-refractivity contribution in [3.05, 3.63) is 65.7 Å². The molecule has 100 valence electrons. The summed E-state index contributed by atoms with van der Waals surface area (Å²) in [6.45, 7) is 2.40. The van der Waals surface area contributed by atoms with Gasteiger partial charge in [0.2, 0.25) is 0 Å². The van der Waals surface area contributed by atoms with Crippen LogP contribution in [-0.2, 0) is 0 Å². The summed E-state index contributed by atoms with van der Waals surface area (Å²) in [5.74, 6) is 0.604. The largest absolute Gasteiger partial charge is 0.493 e. The molecule has 0 aliphatic carbocycles. The number of hydrogen-bond donors (Lipinski definition) is 2. The van der Waals surface area contributed by atoms with E-state index in [0.717, 1.165) is 0 Å². The van der Waals surface area contributed by atoms with Crippen LogP contribution < -0.4 is 4.74 Å². The Morgan fingerprint density at radius 1 is 0.895 bits per heavy atom. The van der Waals surface area contributed by atoms with Gasteiger partial charge in [-0.05, 0) is 18.6 Å². The third kappa shape index (κ3) is 3.13. The number of benzene rings is 2. The Morgan fingerprint density at radius 3 is 2.21 bits per heavy atom. The lowest BCUT2D eigenvalue weighted by molar-refractivity contribution is 0.0156. The molecule has 0 fully saturated rings. The van der Waals surface area contributed by atoms with Crippen molar-refractivity contribution in [3.8, 4) is 5.75 Å². The van der Waals surface area contributed by atoms with Gasteiger partial charge >= 0.3 is 0 Å². The zero-order chi connectivity index (χ0) is 13.7. The van der Waals surface area contributed by atoms with Crippen molar-refractivity contribution < 1.29 is 14.9 Å². The van der Waals surface area contributed by atoms with Crippen LogP contribution >= 0.6 is 0 Å². The molecule has 2 atom stereocenters. The van der Waals surface area contributed by atoms with Gasteiger partial charge in [-0.1, -0.05) is 48.5 Å². The molecule has 2 rings (SSSR count). The quantitative estimate of drug-likeness (QED) is 0.867. The molecule has 0 saturated heterocycles. The lowest BCUT2D eigenvalue weighted by Crippen LogP contribution is -2.11. The van der Waals surface area contributed by atoms with Gasteiger partial charge in [-0.25, -0.2) is 0 Å². The predicted octanol–water partition coefficient (Wildman–Crippen LogP) is 2.85. The molecule has 0 aliphatic heterocycles. The summed E-state index contributed by atoms with van der Waals surface area (Å²) < 4.78 is 5.47. The van der Waals surface area contributed by atoms with E-state index in [1.807, 2.05) is 37.3 Å². The van der Waals surface area contributed by atoms with Crippen molar-refractivity contribution in [2.45, 2.75) is 19.1 Å². The minimum absolute atomic E-state index is 0.519. The Balaban J connectivity index is 2.26. The smallest absolute Gasteiger partial charge is 0.125 e. The molecule has 2 aromatic carbocycles. The van der Waals surface area contributed by atoms with Gasteiger partial charge in [0.15, 0.2) is 0 Å². The number of aliphatic hydroxyl groups excluding tert-OH is 2. The molecule has 2 aromatic rings. The summed E-state index contributed by atoms with van der Waals surface area (Å²) in [6.07, 6.45) is -1.98. The predicted molar refractivity (Wildman–Crippen MR) is 74.0 cm³/mol. The zero-order valence-electron chi connectivity index (χ0n) is 10.9. The maximum Gasteiger partial charge on any atom is 0.125 e. The fourth-order valence-corrected chi connectivity index (χ4v) is 2.01. The molecular weight excluding hydrogens is 240 g/mol. The number of para-hydroxylation sites is 1. The number of ether oxygens (including phenoxy) is 1. The first-order valence-electron chi connectivity index (χ1n) is 6.37. The Hall–Kier alpha value is -1.84. The van der Waals surface area contributed by atoms with Crippen LogP contribution in [0.2, 0.25) is 0 Å². The molecule has 0 saturated carbocycles. The lowest BCUT2D eigenvalue weighted by Gasteiger charge is -2.21. The maximum atomic E-state index is 10.3. The fraction of sp³-hybridized carbons (Fsp3) is 0.250. The second kappa shape index (κ2) is 6.36. The Labute approximate surface area is 113 Å². The molecule has 0 heterocycles. The SMILES string of the molecule is CCOc1ccccc1C(O)C(O)c1ccccc1. The van der Waals surface area contributed by atoms with E-state index in [9.17, 15) is 10.2 Å². The second-order valence-corrected chi connectivity index (χ2v) is 4.27. The molecule has 0 bridgehead atoms. The van der Waals surface area contributed by atoms with E-state index in [-0.39, 0.29) is 0 Å². The number of rotatable bonds is 5. The Bertz CT molecular complexity index is 510. The first-order chi connectivity index (χ1) is 9.24. The topological polar surface area (TPSA) is 49.7 Å². The molecule has 0 aliphatic rings. The van der Waals surface area contributed by atoms with Gasteiger partial charge in [-0.2, -0.15) is 0 Å². The Kier molecular flexibility index (Phi) is 4.55. The summed E-state index contributed by atoms with van der Waals surface area (Å²) in [7, 11) is 0. The van der Waals surface area contributed by atoms with E-state index >= 15 is 0 Å². The Morgan fingerprint density at radius 2 is 1.53 bits per heavy atom. The number of hydrogen-bond acceptors (Lipinski definition) is 3. The van der Waals surface area contributed by atoms with Gasteiger partial charge in [-0.3, -0.25) is 0 Å². The van der Waals surface area contributed by atoms with Gasteiger partial charge in [0.1, 0.15) is 18.0 Å². The molecule has 0 amide bonds. The van der Waals surface area contributed by atoms with Crippen LogP contribution in [-0.4, -0.2) is 16.8 Å². The van der Waals surface area contributed by atoms with Crippen LogP contribution in [0.4, 0.5) is 0 Å². The van der Waals surface area contributed by atoms with E-state index in [0.29, 0.717) is 23.5 Å². The van der Waals surface area contributed by atoms with Crippen LogP contribution in [0.5, 0.6) is 5.75 Å².